The van der Waals surface area contributed by atoms with Gasteiger partial charge in [-0.1, -0.05) is 47.5 Å². The van der Waals surface area contributed by atoms with Gasteiger partial charge in [0.1, 0.15) is 4.90 Å². The Labute approximate surface area is 150 Å². The number of rotatable bonds is 5. The number of nitrogens with zero attached hydrogens (tertiary/aromatic N) is 1. The maximum absolute atomic E-state index is 12.6. The lowest BCUT2D eigenvalue weighted by molar-refractivity contribution is 0.582. The minimum atomic E-state index is -3.65. The maximum Gasteiger partial charge on any atom is 0.242 e. The first-order chi connectivity index (χ1) is 11.5. The van der Waals surface area contributed by atoms with Gasteiger partial charge in [0.25, 0.3) is 0 Å². The molecule has 0 atom stereocenters. The molecule has 7 heteroatoms. The van der Waals surface area contributed by atoms with Gasteiger partial charge in [-0.2, -0.15) is 0 Å². The van der Waals surface area contributed by atoms with Crippen LogP contribution in [0.5, 0.6) is 0 Å². The van der Waals surface area contributed by atoms with Gasteiger partial charge < -0.3 is 0 Å². The van der Waals surface area contributed by atoms with Crippen LogP contribution >= 0.6 is 23.2 Å². The number of aromatic nitrogens is 1. The fraction of sp³-hybridized carbons (Fsp3) is 0.118. The first-order valence-corrected chi connectivity index (χ1v) is 9.48. The van der Waals surface area contributed by atoms with Crippen molar-refractivity contribution >= 4 is 44.1 Å². The predicted molar refractivity (Wildman–Crippen MR) is 97.1 cm³/mol. The van der Waals surface area contributed by atoms with E-state index < -0.39 is 10.0 Å². The Hall–Kier alpha value is -1.66. The van der Waals surface area contributed by atoms with Gasteiger partial charge in [0.05, 0.1) is 15.6 Å². The van der Waals surface area contributed by atoms with Gasteiger partial charge in [-0.05, 0) is 36.2 Å². The lowest BCUT2D eigenvalue weighted by Gasteiger charge is -2.09. The molecule has 0 aliphatic heterocycles. The Morgan fingerprint density at radius 2 is 1.79 bits per heavy atom. The van der Waals surface area contributed by atoms with Gasteiger partial charge in [-0.25, -0.2) is 13.1 Å². The van der Waals surface area contributed by atoms with E-state index in [4.69, 9.17) is 23.2 Å². The molecule has 0 spiro atoms. The van der Waals surface area contributed by atoms with Gasteiger partial charge >= 0.3 is 0 Å². The van der Waals surface area contributed by atoms with Crippen LogP contribution in [-0.2, 0) is 16.4 Å². The Bertz CT molecular complexity index is 986. The standard InChI is InChI=1S/C17H14Cl2N2O2S/c18-14-7-6-12(11-15(14)19)8-10-21-24(22,23)16-5-1-3-13-4-2-9-20-17(13)16/h1-7,9,11,21H,8,10H2. The average Bonchev–Trinajstić information content (AvgIpc) is 2.57. The summed E-state index contributed by atoms with van der Waals surface area (Å²) >= 11 is 11.8. The van der Waals surface area contributed by atoms with Gasteiger partial charge in [-0.15, -0.1) is 0 Å². The predicted octanol–water partition coefficient (Wildman–Crippen LogP) is 4.06. The monoisotopic (exact) mass is 380 g/mol. The molecule has 0 saturated carbocycles. The highest BCUT2D eigenvalue weighted by Gasteiger charge is 2.17. The van der Waals surface area contributed by atoms with E-state index in [1.165, 1.54) is 0 Å². The number of sulfonamides is 1. The van der Waals surface area contributed by atoms with E-state index >= 15 is 0 Å². The second-order valence-electron chi connectivity index (χ2n) is 5.23. The van der Waals surface area contributed by atoms with Crippen molar-refractivity contribution in [1.29, 1.82) is 0 Å². The fourth-order valence-corrected chi connectivity index (χ4v) is 3.93. The summed E-state index contributed by atoms with van der Waals surface area (Å²) in [6, 6.07) is 13.9. The number of pyridine rings is 1. The Morgan fingerprint density at radius 3 is 2.58 bits per heavy atom. The molecule has 0 amide bonds. The van der Waals surface area contributed by atoms with Crippen LogP contribution < -0.4 is 4.72 Å². The number of fused-ring (bicyclic) bond motifs is 1. The third-order valence-corrected chi connectivity index (χ3v) is 5.81. The van der Waals surface area contributed by atoms with E-state index in [-0.39, 0.29) is 11.4 Å². The van der Waals surface area contributed by atoms with Crippen LogP contribution in [0.4, 0.5) is 0 Å². The number of hydrogen-bond donors (Lipinski definition) is 1. The lowest BCUT2D eigenvalue weighted by Crippen LogP contribution is -2.26. The molecular weight excluding hydrogens is 367 g/mol. The molecule has 4 nitrogen and oxygen atoms in total. The average molecular weight is 381 g/mol. The quantitative estimate of drug-likeness (QED) is 0.725. The van der Waals surface area contributed by atoms with Gasteiger partial charge in [0.15, 0.2) is 0 Å². The normalized spacial score (nSPS) is 11.8. The summed E-state index contributed by atoms with van der Waals surface area (Å²) in [5.74, 6) is 0. The molecule has 0 saturated heterocycles. The minimum absolute atomic E-state index is 0.176. The van der Waals surface area contributed by atoms with E-state index in [0.717, 1.165) is 10.9 Å². The molecule has 0 bridgehead atoms. The van der Waals surface area contributed by atoms with E-state index in [1.54, 1.807) is 36.5 Å². The summed E-state index contributed by atoms with van der Waals surface area (Å²) < 4.78 is 27.7. The zero-order valence-electron chi connectivity index (χ0n) is 12.5. The van der Waals surface area contributed by atoms with Crippen LogP contribution in [-0.4, -0.2) is 19.9 Å². The van der Waals surface area contributed by atoms with Crippen molar-refractivity contribution in [3.63, 3.8) is 0 Å². The molecule has 2 aromatic carbocycles. The molecule has 0 radical (unpaired) electrons. The first-order valence-electron chi connectivity index (χ1n) is 7.25. The summed E-state index contributed by atoms with van der Waals surface area (Å²) in [6.07, 6.45) is 2.09. The van der Waals surface area contributed by atoms with Crippen molar-refractivity contribution in [2.45, 2.75) is 11.3 Å². The summed E-state index contributed by atoms with van der Waals surface area (Å²) in [5, 5.41) is 1.71. The molecule has 124 valence electrons. The molecule has 3 aromatic rings. The van der Waals surface area contributed by atoms with Crippen molar-refractivity contribution in [2.24, 2.45) is 0 Å². The second kappa shape index (κ2) is 7.07. The SMILES string of the molecule is O=S(=O)(NCCc1ccc(Cl)c(Cl)c1)c1cccc2cccnc12. The minimum Gasteiger partial charge on any atom is -0.255 e. The van der Waals surface area contributed by atoms with Gasteiger partial charge in [-0.3, -0.25) is 4.98 Å². The molecule has 0 unspecified atom stereocenters. The van der Waals surface area contributed by atoms with Crippen LogP contribution in [0.3, 0.4) is 0 Å². The topological polar surface area (TPSA) is 59.1 Å². The molecule has 1 heterocycles. The maximum atomic E-state index is 12.6. The van der Waals surface area contributed by atoms with Crippen molar-refractivity contribution in [3.8, 4) is 0 Å². The van der Waals surface area contributed by atoms with Crippen LogP contribution in [0.1, 0.15) is 5.56 Å². The Balaban J connectivity index is 1.77. The third-order valence-electron chi connectivity index (χ3n) is 3.57. The first kappa shape index (κ1) is 17.2. The lowest BCUT2D eigenvalue weighted by atomic mass is 10.1. The van der Waals surface area contributed by atoms with Crippen molar-refractivity contribution in [3.05, 3.63) is 70.3 Å². The summed E-state index contributed by atoms with van der Waals surface area (Å²) in [5.41, 5.74) is 1.37. The molecule has 0 fully saturated rings. The summed E-state index contributed by atoms with van der Waals surface area (Å²) in [6.45, 7) is 0.253. The van der Waals surface area contributed by atoms with E-state index in [0.29, 0.717) is 22.0 Å². The highest BCUT2D eigenvalue weighted by atomic mass is 35.5. The van der Waals surface area contributed by atoms with Crippen molar-refractivity contribution in [2.75, 3.05) is 6.54 Å². The molecular formula is C17H14Cl2N2O2S. The van der Waals surface area contributed by atoms with Gasteiger partial charge in [0, 0.05) is 18.1 Å². The van der Waals surface area contributed by atoms with E-state index in [1.807, 2.05) is 18.2 Å². The van der Waals surface area contributed by atoms with Crippen LogP contribution in [0, 0.1) is 0 Å². The highest BCUT2D eigenvalue weighted by Crippen LogP contribution is 2.23. The molecule has 0 aliphatic carbocycles. The summed E-state index contributed by atoms with van der Waals surface area (Å²) in [4.78, 5) is 4.36. The van der Waals surface area contributed by atoms with E-state index in [2.05, 4.69) is 9.71 Å². The zero-order chi connectivity index (χ0) is 17.2. The molecule has 24 heavy (non-hydrogen) atoms. The van der Waals surface area contributed by atoms with Crippen molar-refractivity contribution in [1.82, 2.24) is 9.71 Å². The third kappa shape index (κ3) is 3.70. The molecule has 1 N–H and O–H groups in total. The van der Waals surface area contributed by atoms with Crippen LogP contribution in [0.2, 0.25) is 10.0 Å². The highest BCUT2D eigenvalue weighted by molar-refractivity contribution is 7.89. The number of para-hydroxylation sites is 1. The second-order valence-corrected chi connectivity index (χ2v) is 7.78. The molecule has 0 aliphatic rings. The molecule has 1 aromatic heterocycles. The summed E-state index contributed by atoms with van der Waals surface area (Å²) in [7, 11) is -3.65. The van der Waals surface area contributed by atoms with Crippen LogP contribution in [0.25, 0.3) is 10.9 Å². The Morgan fingerprint density at radius 1 is 1.00 bits per heavy atom. The van der Waals surface area contributed by atoms with Crippen LogP contribution in [0.15, 0.2) is 59.6 Å². The fourth-order valence-electron chi connectivity index (χ4n) is 2.40. The molecule has 3 rings (SSSR count). The Kier molecular flexibility index (Phi) is 5.06. The number of nitrogens with one attached hydrogen (secondary N) is 1. The number of benzene rings is 2. The smallest absolute Gasteiger partial charge is 0.242 e. The number of halogens is 2. The largest absolute Gasteiger partial charge is 0.255 e. The van der Waals surface area contributed by atoms with Crippen molar-refractivity contribution < 1.29 is 8.42 Å². The number of hydrogen-bond acceptors (Lipinski definition) is 3. The van der Waals surface area contributed by atoms with Gasteiger partial charge in [0.2, 0.25) is 10.0 Å². The van der Waals surface area contributed by atoms with E-state index in [9.17, 15) is 8.42 Å². The zero-order valence-corrected chi connectivity index (χ0v) is 14.9.